The zero-order valence-electron chi connectivity index (χ0n) is 16.8. The van der Waals surface area contributed by atoms with E-state index >= 15 is 0 Å². The highest BCUT2D eigenvalue weighted by Gasteiger charge is 2.14. The first-order valence-electron chi connectivity index (χ1n) is 9.20. The second-order valence-electron chi connectivity index (χ2n) is 6.16. The fourth-order valence-corrected chi connectivity index (χ4v) is 3.06. The van der Waals surface area contributed by atoms with Crippen molar-refractivity contribution in [3.8, 4) is 0 Å². The van der Waals surface area contributed by atoms with Gasteiger partial charge in [-0.25, -0.2) is 14.8 Å². The van der Waals surface area contributed by atoms with E-state index in [0.29, 0.717) is 16.7 Å². The molecule has 0 aliphatic rings. The molecule has 4 rings (SSSR count). The largest absolute Gasteiger partial charge is 0.465 e. The smallest absolute Gasteiger partial charge is 0.339 e. The molecule has 162 valence electrons. The predicted octanol–water partition coefficient (Wildman–Crippen LogP) is 5.19. The number of para-hydroxylation sites is 2. The monoisotopic (exact) mass is 468 g/mol. The van der Waals surface area contributed by atoms with Crippen LogP contribution in [-0.2, 0) is 15.2 Å². The third-order valence-electron chi connectivity index (χ3n) is 4.01. The summed E-state index contributed by atoms with van der Waals surface area (Å²) in [5.74, 6) is -0.591. The second kappa shape index (κ2) is 11.0. The van der Waals surface area contributed by atoms with Gasteiger partial charge in [-0.05, 0) is 30.3 Å². The number of hydrogen-bond donors (Lipinski definition) is 1. The van der Waals surface area contributed by atoms with E-state index in [1.807, 2.05) is 36.4 Å². The van der Waals surface area contributed by atoms with Gasteiger partial charge in [-0.1, -0.05) is 60.1 Å². The Hall–Kier alpha value is -3.82. The van der Waals surface area contributed by atoms with Gasteiger partial charge < -0.3 is 10.1 Å². The van der Waals surface area contributed by atoms with Crippen LogP contribution in [0.3, 0.4) is 0 Å². The van der Waals surface area contributed by atoms with Crippen molar-refractivity contribution in [3.05, 3.63) is 89.4 Å². The van der Waals surface area contributed by atoms with Crippen LogP contribution < -0.4 is 5.32 Å². The number of hydrogen-bond acceptors (Lipinski definition) is 8. The molecule has 3 aromatic carbocycles. The van der Waals surface area contributed by atoms with Gasteiger partial charge in [0.05, 0.1) is 28.7 Å². The summed E-state index contributed by atoms with van der Waals surface area (Å²) in [5, 5.41) is 3.13. The van der Waals surface area contributed by atoms with Crippen LogP contribution in [0.15, 0.2) is 83.2 Å². The molecule has 0 bridgehead atoms. The quantitative estimate of drug-likeness (QED) is 0.410. The highest BCUT2D eigenvalue weighted by Crippen LogP contribution is 2.29. The summed E-state index contributed by atoms with van der Waals surface area (Å²) in [7, 11) is -1.46. The van der Waals surface area contributed by atoms with Gasteiger partial charge in [0.15, 0.2) is 5.82 Å². The van der Waals surface area contributed by atoms with Gasteiger partial charge in [-0.15, -0.1) is 4.36 Å². The highest BCUT2D eigenvalue weighted by atomic mass is 35.5. The van der Waals surface area contributed by atoms with Gasteiger partial charge in [0.2, 0.25) is 5.82 Å². The number of esters is 1. The van der Waals surface area contributed by atoms with Crippen molar-refractivity contribution < 1.29 is 17.9 Å². The van der Waals surface area contributed by atoms with Crippen molar-refractivity contribution in [2.24, 2.45) is 4.36 Å². The number of anilines is 2. The first-order valence-corrected chi connectivity index (χ1v) is 10.6. The summed E-state index contributed by atoms with van der Waals surface area (Å²) in [6.45, 7) is 0. The maximum Gasteiger partial charge on any atom is 0.339 e. The van der Waals surface area contributed by atoms with Crippen molar-refractivity contribution in [1.29, 1.82) is 0 Å². The molecule has 4 aromatic rings. The molecule has 0 atom stereocenters. The van der Waals surface area contributed by atoms with E-state index in [0.717, 1.165) is 0 Å². The average Bonchev–Trinajstić information content (AvgIpc) is 2.81. The van der Waals surface area contributed by atoms with Gasteiger partial charge in [-0.3, -0.25) is 0 Å². The Balaban J connectivity index is 0.000000416. The molecule has 8 nitrogen and oxygen atoms in total. The van der Waals surface area contributed by atoms with E-state index in [9.17, 15) is 13.2 Å². The number of benzene rings is 3. The Morgan fingerprint density at radius 3 is 2.09 bits per heavy atom. The summed E-state index contributed by atoms with van der Waals surface area (Å²) in [5.41, 5.74) is 1.63. The van der Waals surface area contributed by atoms with Gasteiger partial charge in [0.25, 0.3) is 0 Å². The summed E-state index contributed by atoms with van der Waals surface area (Å²) < 4.78 is 30.1. The molecule has 1 heterocycles. The normalized spacial score (nSPS) is 9.94. The van der Waals surface area contributed by atoms with Crippen molar-refractivity contribution in [2.45, 2.75) is 0 Å². The third-order valence-corrected chi connectivity index (χ3v) is 4.67. The molecule has 0 fully saturated rings. The molecular weight excluding hydrogens is 452 g/mol. The average molecular weight is 469 g/mol. The molecule has 0 spiro atoms. The minimum atomic E-state index is -2.71. The Labute approximate surface area is 190 Å². The van der Waals surface area contributed by atoms with Crippen molar-refractivity contribution in [1.82, 2.24) is 9.97 Å². The third kappa shape index (κ3) is 6.10. The van der Waals surface area contributed by atoms with Crippen LogP contribution >= 0.6 is 11.6 Å². The Bertz CT molecular complexity index is 1340. The number of aromatic nitrogens is 2. The van der Waals surface area contributed by atoms with Crippen LogP contribution in [0.25, 0.3) is 11.0 Å². The Kier molecular flexibility index (Phi) is 7.85. The number of rotatable bonds is 4. The lowest BCUT2D eigenvalue weighted by Gasteiger charge is -2.10. The molecule has 0 saturated heterocycles. The summed E-state index contributed by atoms with van der Waals surface area (Å²) >= 11 is 5.99. The molecule has 1 N–H and O–H groups in total. The van der Waals surface area contributed by atoms with E-state index < -0.39 is 16.5 Å². The van der Waals surface area contributed by atoms with Gasteiger partial charge >= 0.3 is 16.5 Å². The molecule has 0 radical (unpaired) electrons. The fraction of sp³-hybridized carbons (Fsp3) is 0.0455. The number of fused-ring (bicyclic) bond motifs is 1. The molecule has 0 amide bonds. The van der Waals surface area contributed by atoms with Crippen molar-refractivity contribution >= 4 is 56.4 Å². The number of halogens is 1. The van der Waals surface area contributed by atoms with Gasteiger partial charge in [0.1, 0.15) is 0 Å². The number of nitrogens with one attached hydrogen (secondary N) is 1. The lowest BCUT2D eigenvalue weighted by atomic mass is 10.2. The molecule has 0 aliphatic carbocycles. The summed E-state index contributed by atoms with van der Waals surface area (Å²) in [4.78, 5) is 20.3. The Morgan fingerprint density at radius 1 is 0.938 bits per heavy atom. The first-order chi connectivity index (χ1) is 15.5. The predicted molar refractivity (Wildman–Crippen MR) is 123 cm³/mol. The second-order valence-corrected chi connectivity index (χ2v) is 7.18. The molecule has 10 heteroatoms. The number of nitrogens with zero attached hydrogens (tertiary/aromatic N) is 3. The lowest BCUT2D eigenvalue weighted by Crippen LogP contribution is -2.04. The van der Waals surface area contributed by atoms with Gasteiger partial charge in [0, 0.05) is 5.69 Å². The fourth-order valence-electron chi connectivity index (χ4n) is 2.60. The van der Waals surface area contributed by atoms with Crippen LogP contribution in [0.1, 0.15) is 10.4 Å². The van der Waals surface area contributed by atoms with Crippen LogP contribution in [0, 0.1) is 0 Å². The molecule has 0 unspecified atom stereocenters. The minimum absolute atomic E-state index is 0.105. The number of carbonyl (C=O) groups excluding carboxylic acids is 1. The maximum absolute atomic E-state index is 11.8. The SMILES string of the molecule is COC(=O)c1cc(Nc2nc3ccccc3nc2N=S(=O)=O)ccc1Cl.c1ccccc1. The zero-order valence-corrected chi connectivity index (χ0v) is 18.3. The standard InChI is InChI=1S/C16H11ClN4O4S.C6H6/c1-25-16(22)10-8-9(6-7-11(10)17)18-14-15(21-26(23)24)20-13-5-3-2-4-12(13)19-14;1-2-4-6-5-3-1/h2-8H,1H3,(H,18,19);1-6H. The maximum atomic E-state index is 11.8. The first kappa shape index (κ1) is 22.9. The number of carbonyl (C=O) groups is 1. The zero-order chi connectivity index (χ0) is 22.9. The molecule has 0 saturated carbocycles. The van der Waals surface area contributed by atoms with E-state index in [1.165, 1.54) is 19.2 Å². The summed E-state index contributed by atoms with van der Waals surface area (Å²) in [6, 6.07) is 23.5. The highest BCUT2D eigenvalue weighted by molar-refractivity contribution is 7.61. The van der Waals surface area contributed by atoms with Crippen LogP contribution in [-0.4, -0.2) is 31.5 Å². The summed E-state index contributed by atoms with van der Waals surface area (Å²) in [6.07, 6.45) is 0. The molecule has 0 aliphatic heterocycles. The van der Waals surface area contributed by atoms with Crippen LogP contribution in [0.4, 0.5) is 17.3 Å². The number of ether oxygens (including phenoxy) is 1. The Morgan fingerprint density at radius 2 is 1.53 bits per heavy atom. The van der Waals surface area contributed by atoms with Crippen LogP contribution in [0.2, 0.25) is 5.02 Å². The number of methoxy groups -OCH3 is 1. The minimum Gasteiger partial charge on any atom is -0.465 e. The molecule has 1 aromatic heterocycles. The van der Waals surface area contributed by atoms with E-state index in [1.54, 1.807) is 30.3 Å². The van der Waals surface area contributed by atoms with Crippen LogP contribution in [0.5, 0.6) is 0 Å². The van der Waals surface area contributed by atoms with Crippen molar-refractivity contribution in [2.75, 3.05) is 12.4 Å². The topological polar surface area (TPSA) is 111 Å². The molecule has 32 heavy (non-hydrogen) atoms. The van der Waals surface area contributed by atoms with E-state index in [2.05, 4.69) is 24.4 Å². The van der Waals surface area contributed by atoms with E-state index in [4.69, 9.17) is 11.6 Å². The van der Waals surface area contributed by atoms with Gasteiger partial charge in [-0.2, -0.15) is 8.42 Å². The lowest BCUT2D eigenvalue weighted by molar-refractivity contribution is 0.0601. The molecular formula is C22H17ClN4O4S. The van der Waals surface area contributed by atoms with E-state index in [-0.39, 0.29) is 22.2 Å². The van der Waals surface area contributed by atoms with Crippen molar-refractivity contribution in [3.63, 3.8) is 0 Å².